The van der Waals surface area contributed by atoms with Gasteiger partial charge in [-0.25, -0.2) is 4.79 Å². The molecule has 0 aromatic heterocycles. The summed E-state index contributed by atoms with van der Waals surface area (Å²) in [6.07, 6.45) is 0. The largest absolute Gasteiger partial charge is 0.462 e. The lowest BCUT2D eigenvalue weighted by molar-refractivity contribution is -0.763. The van der Waals surface area contributed by atoms with Crippen LogP contribution >= 0.6 is 0 Å². The molecule has 6 nitrogen and oxygen atoms in total. The van der Waals surface area contributed by atoms with Crippen molar-refractivity contribution in [3.8, 4) is 0 Å². The maximum absolute atomic E-state index is 11.3. The summed E-state index contributed by atoms with van der Waals surface area (Å²) in [5, 5.41) is 9.08. The Bertz CT molecular complexity index is 373. The van der Waals surface area contributed by atoms with Crippen LogP contribution in [0.15, 0.2) is 24.3 Å². The molecule has 0 atom stereocenters. The van der Waals surface area contributed by atoms with Crippen LogP contribution < -0.4 is 0 Å². The second-order valence-corrected chi connectivity index (χ2v) is 2.91. The smallest absolute Gasteiger partial charge is 0.338 e. The summed E-state index contributed by atoms with van der Waals surface area (Å²) < 4.78 is 4.79. The first-order valence-corrected chi connectivity index (χ1v) is 4.67. The van der Waals surface area contributed by atoms with Crippen molar-refractivity contribution in [3.63, 3.8) is 0 Å². The Morgan fingerprint density at radius 3 is 2.50 bits per heavy atom. The third-order valence-electron chi connectivity index (χ3n) is 1.80. The number of ether oxygens (including phenoxy) is 1. The fraction of sp³-hybridized carbons (Fsp3) is 0.300. The molecule has 1 aromatic rings. The van der Waals surface area contributed by atoms with Crippen molar-refractivity contribution in [2.75, 3.05) is 6.61 Å². The summed E-state index contributed by atoms with van der Waals surface area (Å²) in [6.45, 7) is 1.90. The Morgan fingerprint density at radius 2 is 2.00 bits per heavy atom. The number of carbonyl (C=O) groups excluding carboxylic acids is 1. The van der Waals surface area contributed by atoms with Gasteiger partial charge in [0.2, 0.25) is 0 Å². The molecular formula is C10H11NO5. The molecule has 0 saturated heterocycles. The highest BCUT2D eigenvalue weighted by Crippen LogP contribution is 2.07. The third kappa shape index (κ3) is 3.56. The summed E-state index contributed by atoms with van der Waals surface area (Å²) in [5.74, 6) is -0.413. The van der Waals surface area contributed by atoms with Gasteiger partial charge in [-0.05, 0) is 24.6 Å². The van der Waals surface area contributed by atoms with E-state index in [0.717, 1.165) is 0 Å². The quantitative estimate of drug-likeness (QED) is 0.431. The van der Waals surface area contributed by atoms with Gasteiger partial charge in [0.25, 0.3) is 5.09 Å². The predicted octanol–water partition coefficient (Wildman–Crippen LogP) is 1.57. The van der Waals surface area contributed by atoms with Gasteiger partial charge in [-0.2, -0.15) is 0 Å². The maximum atomic E-state index is 11.3. The highest BCUT2D eigenvalue weighted by Gasteiger charge is 2.05. The fourth-order valence-electron chi connectivity index (χ4n) is 1.08. The van der Waals surface area contributed by atoms with E-state index < -0.39 is 11.1 Å². The van der Waals surface area contributed by atoms with E-state index in [9.17, 15) is 14.9 Å². The van der Waals surface area contributed by atoms with Crippen LogP contribution in [0.25, 0.3) is 0 Å². The van der Waals surface area contributed by atoms with Crippen LogP contribution in [0, 0.1) is 10.1 Å². The van der Waals surface area contributed by atoms with Crippen LogP contribution in [0.1, 0.15) is 22.8 Å². The monoisotopic (exact) mass is 225 g/mol. The second-order valence-electron chi connectivity index (χ2n) is 2.91. The zero-order valence-corrected chi connectivity index (χ0v) is 8.71. The lowest BCUT2D eigenvalue weighted by atomic mass is 10.1. The van der Waals surface area contributed by atoms with Gasteiger partial charge in [-0.1, -0.05) is 12.1 Å². The molecule has 0 heterocycles. The molecule has 6 heteroatoms. The maximum Gasteiger partial charge on any atom is 0.338 e. The first kappa shape index (κ1) is 12.0. The molecule has 0 fully saturated rings. The molecule has 16 heavy (non-hydrogen) atoms. The van der Waals surface area contributed by atoms with Gasteiger partial charge in [-0.15, -0.1) is 10.1 Å². The van der Waals surface area contributed by atoms with E-state index in [4.69, 9.17) is 4.74 Å². The van der Waals surface area contributed by atoms with E-state index in [1.807, 2.05) is 0 Å². The van der Waals surface area contributed by atoms with Crippen LogP contribution in [0.2, 0.25) is 0 Å². The summed E-state index contributed by atoms with van der Waals surface area (Å²) in [4.78, 5) is 25.4. The van der Waals surface area contributed by atoms with Gasteiger partial charge in [0.05, 0.1) is 12.2 Å². The number of hydrogen-bond donors (Lipinski definition) is 0. The predicted molar refractivity (Wildman–Crippen MR) is 54.2 cm³/mol. The average Bonchev–Trinajstić information content (AvgIpc) is 2.27. The minimum atomic E-state index is -0.862. The summed E-state index contributed by atoms with van der Waals surface area (Å²) >= 11 is 0. The normalized spacial score (nSPS) is 9.56. The minimum Gasteiger partial charge on any atom is -0.462 e. The first-order valence-electron chi connectivity index (χ1n) is 4.67. The van der Waals surface area contributed by atoms with E-state index in [-0.39, 0.29) is 6.61 Å². The van der Waals surface area contributed by atoms with E-state index in [2.05, 4.69) is 4.84 Å². The standard InChI is InChI=1S/C10H11NO5/c1-2-15-10(12)9-5-3-8(4-6-9)7-16-11(13)14/h3-6H,2,7H2,1H3. The minimum absolute atomic E-state index is 0.129. The first-order chi connectivity index (χ1) is 7.63. The number of hydrogen-bond acceptors (Lipinski definition) is 5. The Balaban J connectivity index is 2.60. The second kappa shape index (κ2) is 5.69. The van der Waals surface area contributed by atoms with Crippen molar-refractivity contribution in [1.82, 2.24) is 0 Å². The van der Waals surface area contributed by atoms with Gasteiger partial charge in [0.15, 0.2) is 0 Å². The van der Waals surface area contributed by atoms with E-state index in [1.54, 1.807) is 19.1 Å². The number of esters is 1. The molecule has 0 saturated carbocycles. The van der Waals surface area contributed by atoms with E-state index >= 15 is 0 Å². The van der Waals surface area contributed by atoms with Crippen molar-refractivity contribution >= 4 is 5.97 Å². The van der Waals surface area contributed by atoms with Crippen molar-refractivity contribution in [1.29, 1.82) is 0 Å². The molecule has 0 aliphatic rings. The Morgan fingerprint density at radius 1 is 1.38 bits per heavy atom. The Hall–Kier alpha value is -2.11. The summed E-state index contributed by atoms with van der Waals surface area (Å²) in [6, 6.07) is 6.23. The fourth-order valence-corrected chi connectivity index (χ4v) is 1.08. The van der Waals surface area contributed by atoms with Crippen LogP contribution in [0.3, 0.4) is 0 Å². The van der Waals surface area contributed by atoms with Crippen LogP contribution in [-0.2, 0) is 16.2 Å². The number of rotatable bonds is 5. The Kier molecular flexibility index (Phi) is 4.26. The molecular weight excluding hydrogens is 214 g/mol. The molecule has 0 bridgehead atoms. The van der Waals surface area contributed by atoms with Crippen molar-refractivity contribution < 1.29 is 19.5 Å². The summed E-state index contributed by atoms with van der Waals surface area (Å²) in [5.41, 5.74) is 1.02. The molecule has 0 unspecified atom stereocenters. The number of nitrogens with zero attached hydrogens (tertiary/aromatic N) is 1. The molecule has 0 spiro atoms. The number of benzene rings is 1. The van der Waals surface area contributed by atoms with Gasteiger partial charge in [0.1, 0.15) is 6.61 Å². The van der Waals surface area contributed by atoms with Crippen LogP contribution in [0.5, 0.6) is 0 Å². The van der Waals surface area contributed by atoms with Gasteiger partial charge in [0, 0.05) is 0 Å². The Labute approximate surface area is 91.9 Å². The van der Waals surface area contributed by atoms with E-state index in [1.165, 1.54) is 12.1 Å². The lowest BCUT2D eigenvalue weighted by Crippen LogP contribution is -2.05. The molecule has 0 amide bonds. The van der Waals surface area contributed by atoms with Crippen molar-refractivity contribution in [3.05, 3.63) is 45.5 Å². The molecule has 86 valence electrons. The lowest BCUT2D eigenvalue weighted by Gasteiger charge is -2.03. The van der Waals surface area contributed by atoms with Crippen LogP contribution in [-0.4, -0.2) is 17.7 Å². The zero-order valence-electron chi connectivity index (χ0n) is 8.71. The highest BCUT2D eigenvalue weighted by atomic mass is 16.9. The number of carbonyl (C=O) groups is 1. The molecule has 1 rings (SSSR count). The molecule has 0 aliphatic heterocycles. The molecule has 1 aromatic carbocycles. The molecule has 0 N–H and O–H groups in total. The van der Waals surface area contributed by atoms with E-state index in [0.29, 0.717) is 17.7 Å². The molecule has 0 radical (unpaired) electrons. The molecule has 0 aliphatic carbocycles. The third-order valence-corrected chi connectivity index (χ3v) is 1.80. The van der Waals surface area contributed by atoms with Gasteiger partial charge in [-0.3, -0.25) is 0 Å². The van der Waals surface area contributed by atoms with Gasteiger partial charge < -0.3 is 9.57 Å². The topological polar surface area (TPSA) is 78.7 Å². The summed E-state index contributed by atoms with van der Waals surface area (Å²) in [7, 11) is 0. The zero-order chi connectivity index (χ0) is 12.0. The SMILES string of the molecule is CCOC(=O)c1ccc(CO[N+](=O)[O-])cc1. The highest BCUT2D eigenvalue weighted by molar-refractivity contribution is 5.89. The van der Waals surface area contributed by atoms with Gasteiger partial charge >= 0.3 is 5.97 Å². The van der Waals surface area contributed by atoms with Crippen molar-refractivity contribution in [2.45, 2.75) is 13.5 Å². The van der Waals surface area contributed by atoms with Crippen molar-refractivity contribution in [2.24, 2.45) is 0 Å². The average molecular weight is 225 g/mol. The van der Waals surface area contributed by atoms with Crippen LogP contribution in [0.4, 0.5) is 0 Å².